The number of unbranched alkanes of at least 4 members (excludes halogenated alkanes) is 7. The van der Waals surface area contributed by atoms with Crippen molar-refractivity contribution in [2.75, 3.05) is 6.61 Å². The maximum absolute atomic E-state index is 12.4. The van der Waals surface area contributed by atoms with Crippen molar-refractivity contribution in [3.63, 3.8) is 0 Å². The molecule has 5 heteroatoms. The lowest BCUT2D eigenvalue weighted by atomic mass is 9.78. The van der Waals surface area contributed by atoms with Crippen LogP contribution in [0.25, 0.3) is 11.4 Å². The van der Waals surface area contributed by atoms with Crippen molar-refractivity contribution >= 4 is 5.97 Å². The van der Waals surface area contributed by atoms with Crippen LogP contribution in [0.5, 0.6) is 11.5 Å². The molecule has 5 nitrogen and oxygen atoms in total. The lowest BCUT2D eigenvalue weighted by Crippen LogP contribution is -2.16. The molecule has 0 unspecified atom stereocenters. The standard InChI is InChI=1S/C33H48N2O3/c1-3-5-6-7-8-9-10-11-12-24-37-31-25-34-33(35-26-31)29-19-21-30(22-20-29)38-32(36)23-18-28-16-14-27(13-4-2)15-17-28/h3,19-22,25-28H,1,4-18,23-24H2,2H3. The monoisotopic (exact) mass is 520 g/mol. The third-order valence-corrected chi connectivity index (χ3v) is 7.71. The second-order valence-electron chi connectivity index (χ2n) is 10.9. The van der Waals surface area contributed by atoms with E-state index < -0.39 is 0 Å². The van der Waals surface area contributed by atoms with Crippen molar-refractivity contribution in [1.82, 2.24) is 9.97 Å². The van der Waals surface area contributed by atoms with Crippen LogP contribution in [-0.4, -0.2) is 22.5 Å². The summed E-state index contributed by atoms with van der Waals surface area (Å²) in [7, 11) is 0. The van der Waals surface area contributed by atoms with Crippen LogP contribution >= 0.6 is 0 Å². The van der Waals surface area contributed by atoms with Gasteiger partial charge in [-0.05, 0) is 61.8 Å². The van der Waals surface area contributed by atoms with Gasteiger partial charge in [0.25, 0.3) is 0 Å². The van der Waals surface area contributed by atoms with Crippen molar-refractivity contribution in [3.8, 4) is 22.9 Å². The Hall–Kier alpha value is -2.69. The number of ether oxygens (including phenoxy) is 2. The number of nitrogens with zero attached hydrogens (tertiary/aromatic N) is 2. The highest BCUT2D eigenvalue weighted by Crippen LogP contribution is 2.34. The van der Waals surface area contributed by atoms with Crippen molar-refractivity contribution in [2.24, 2.45) is 11.8 Å². The predicted molar refractivity (Wildman–Crippen MR) is 155 cm³/mol. The number of allylic oxidation sites excluding steroid dienone is 1. The van der Waals surface area contributed by atoms with Crippen LogP contribution in [-0.2, 0) is 4.79 Å². The molecule has 3 rings (SSSR count). The second kappa shape index (κ2) is 17.8. The Balaban J connectivity index is 1.30. The Morgan fingerprint density at radius 3 is 2.11 bits per heavy atom. The van der Waals surface area contributed by atoms with Gasteiger partial charge in [0.05, 0.1) is 19.0 Å². The fourth-order valence-corrected chi connectivity index (χ4v) is 5.40. The smallest absolute Gasteiger partial charge is 0.311 e. The lowest BCUT2D eigenvalue weighted by Gasteiger charge is -2.28. The van der Waals surface area contributed by atoms with Crippen molar-refractivity contribution in [3.05, 3.63) is 49.3 Å². The molecule has 0 saturated heterocycles. The summed E-state index contributed by atoms with van der Waals surface area (Å²) in [5.41, 5.74) is 0.883. The zero-order valence-corrected chi connectivity index (χ0v) is 23.5. The third kappa shape index (κ3) is 11.4. The summed E-state index contributed by atoms with van der Waals surface area (Å²) in [4.78, 5) is 21.3. The second-order valence-corrected chi connectivity index (χ2v) is 10.9. The molecule has 0 bridgehead atoms. The van der Waals surface area contributed by atoms with Crippen LogP contribution in [0.1, 0.15) is 110 Å². The molecule has 0 N–H and O–H groups in total. The number of aromatic nitrogens is 2. The largest absolute Gasteiger partial charge is 0.490 e. The highest BCUT2D eigenvalue weighted by molar-refractivity contribution is 5.72. The van der Waals surface area contributed by atoms with Gasteiger partial charge in [-0.25, -0.2) is 9.97 Å². The highest BCUT2D eigenvalue weighted by Gasteiger charge is 2.21. The first-order valence-corrected chi connectivity index (χ1v) is 15.0. The van der Waals surface area contributed by atoms with E-state index in [9.17, 15) is 4.79 Å². The molecule has 0 aliphatic heterocycles. The van der Waals surface area contributed by atoms with Crippen LogP contribution in [0.3, 0.4) is 0 Å². The molecule has 38 heavy (non-hydrogen) atoms. The Morgan fingerprint density at radius 1 is 0.868 bits per heavy atom. The van der Waals surface area contributed by atoms with Gasteiger partial charge in [0.15, 0.2) is 11.6 Å². The lowest BCUT2D eigenvalue weighted by molar-refractivity contribution is -0.134. The van der Waals surface area contributed by atoms with Crippen molar-refractivity contribution in [1.29, 1.82) is 0 Å². The first-order chi connectivity index (χ1) is 18.7. The zero-order valence-electron chi connectivity index (χ0n) is 23.5. The van der Waals surface area contributed by atoms with Gasteiger partial charge in [0.2, 0.25) is 0 Å². The van der Waals surface area contributed by atoms with E-state index >= 15 is 0 Å². The minimum absolute atomic E-state index is 0.144. The Bertz CT molecular complexity index is 918. The summed E-state index contributed by atoms with van der Waals surface area (Å²) in [6.07, 6.45) is 24.5. The van der Waals surface area contributed by atoms with Crippen LogP contribution < -0.4 is 9.47 Å². The van der Waals surface area contributed by atoms with E-state index in [1.165, 1.54) is 77.0 Å². The van der Waals surface area contributed by atoms with E-state index in [4.69, 9.17) is 9.47 Å². The molecule has 2 aromatic rings. The zero-order chi connectivity index (χ0) is 26.8. The van der Waals surface area contributed by atoms with Crippen LogP contribution in [0, 0.1) is 11.8 Å². The minimum atomic E-state index is -0.144. The topological polar surface area (TPSA) is 61.3 Å². The summed E-state index contributed by atoms with van der Waals surface area (Å²) in [6, 6.07) is 7.42. The fourth-order valence-electron chi connectivity index (χ4n) is 5.40. The van der Waals surface area contributed by atoms with E-state index in [0.29, 0.717) is 36.3 Å². The SMILES string of the molecule is C=CCCCCCCCCCOc1cnc(-c2ccc(OC(=O)CCC3CCC(CCC)CC3)cc2)nc1. The number of hydrogen-bond acceptors (Lipinski definition) is 5. The van der Waals surface area contributed by atoms with Gasteiger partial charge in [0.1, 0.15) is 5.75 Å². The van der Waals surface area contributed by atoms with Crippen LogP contribution in [0.15, 0.2) is 49.3 Å². The number of rotatable bonds is 18. The molecule has 1 aliphatic rings. The molecular weight excluding hydrogens is 472 g/mol. The number of esters is 1. The first kappa shape index (κ1) is 29.9. The van der Waals surface area contributed by atoms with E-state index in [1.807, 2.05) is 30.3 Å². The Kier molecular flexibility index (Phi) is 13.9. The Morgan fingerprint density at radius 2 is 1.47 bits per heavy atom. The van der Waals surface area contributed by atoms with Gasteiger partial charge in [0, 0.05) is 12.0 Å². The van der Waals surface area contributed by atoms with Gasteiger partial charge < -0.3 is 9.47 Å². The quantitative estimate of drug-likeness (QED) is 0.0848. The fraction of sp³-hybridized carbons (Fsp3) is 0.606. The summed E-state index contributed by atoms with van der Waals surface area (Å²) in [5.74, 6) is 3.33. The normalized spacial score (nSPS) is 17.2. The summed E-state index contributed by atoms with van der Waals surface area (Å²) in [5, 5.41) is 0. The molecule has 1 aromatic heterocycles. The number of benzene rings is 1. The molecule has 0 radical (unpaired) electrons. The Labute approximate surface area is 230 Å². The average Bonchev–Trinajstić information content (AvgIpc) is 2.95. The van der Waals surface area contributed by atoms with Crippen molar-refractivity contribution in [2.45, 2.75) is 110 Å². The van der Waals surface area contributed by atoms with Crippen LogP contribution in [0.4, 0.5) is 0 Å². The third-order valence-electron chi connectivity index (χ3n) is 7.71. The maximum atomic E-state index is 12.4. The molecule has 0 spiro atoms. The van der Waals surface area contributed by atoms with Gasteiger partial charge in [-0.2, -0.15) is 0 Å². The average molecular weight is 521 g/mol. The predicted octanol–water partition coefficient (Wildman–Crippen LogP) is 9.12. The van der Waals surface area contributed by atoms with E-state index in [-0.39, 0.29) is 5.97 Å². The van der Waals surface area contributed by atoms with Gasteiger partial charge in [-0.15, -0.1) is 6.58 Å². The van der Waals surface area contributed by atoms with Gasteiger partial charge >= 0.3 is 5.97 Å². The molecule has 0 amide bonds. The molecule has 1 heterocycles. The minimum Gasteiger partial charge on any atom is -0.490 e. The molecule has 208 valence electrons. The summed E-state index contributed by atoms with van der Waals surface area (Å²) >= 11 is 0. The molecule has 0 atom stereocenters. The van der Waals surface area contributed by atoms with E-state index in [1.54, 1.807) is 12.4 Å². The van der Waals surface area contributed by atoms with Gasteiger partial charge in [-0.1, -0.05) is 83.6 Å². The molecule has 1 aliphatic carbocycles. The van der Waals surface area contributed by atoms with E-state index in [0.717, 1.165) is 30.7 Å². The highest BCUT2D eigenvalue weighted by atomic mass is 16.5. The molecule has 1 aromatic carbocycles. The molecular formula is C33H48N2O3. The maximum Gasteiger partial charge on any atom is 0.311 e. The van der Waals surface area contributed by atoms with Crippen molar-refractivity contribution < 1.29 is 14.3 Å². The van der Waals surface area contributed by atoms with Crippen LogP contribution in [0.2, 0.25) is 0 Å². The van der Waals surface area contributed by atoms with E-state index in [2.05, 4.69) is 23.5 Å². The number of hydrogen-bond donors (Lipinski definition) is 0. The molecule has 1 saturated carbocycles. The number of carbonyl (C=O) groups excluding carboxylic acids is 1. The van der Waals surface area contributed by atoms with Gasteiger partial charge in [-0.3, -0.25) is 4.79 Å². The summed E-state index contributed by atoms with van der Waals surface area (Å²) in [6.45, 7) is 6.73. The molecule has 1 fully saturated rings. The first-order valence-electron chi connectivity index (χ1n) is 15.0. The summed E-state index contributed by atoms with van der Waals surface area (Å²) < 4.78 is 11.4. The number of carbonyl (C=O) groups is 1.